The highest BCUT2D eigenvalue weighted by molar-refractivity contribution is 5.96. The molecule has 0 saturated carbocycles. The Morgan fingerprint density at radius 1 is 0.958 bits per heavy atom. The van der Waals surface area contributed by atoms with E-state index in [4.69, 9.17) is 0 Å². The van der Waals surface area contributed by atoms with Gasteiger partial charge in [-0.1, -0.05) is 6.07 Å². The van der Waals surface area contributed by atoms with Crippen LogP contribution in [0, 0.1) is 12.7 Å². The van der Waals surface area contributed by atoms with Crippen LogP contribution in [0.3, 0.4) is 0 Å². The molecule has 1 unspecified atom stereocenters. The minimum Gasteiger partial charge on any atom is -0.374 e. The van der Waals surface area contributed by atoms with Crippen LogP contribution in [0.4, 0.5) is 21.5 Å². The van der Waals surface area contributed by atoms with Gasteiger partial charge >= 0.3 is 0 Å². The third-order valence-electron chi connectivity index (χ3n) is 3.42. The maximum Gasteiger partial charge on any atom is 0.246 e. The fourth-order valence-corrected chi connectivity index (χ4v) is 2.09. The second-order valence-electron chi connectivity index (χ2n) is 5.58. The Balaban J connectivity index is 1.95. The number of amides is 2. The molecule has 0 aliphatic carbocycles. The molecule has 3 N–H and O–H groups in total. The summed E-state index contributed by atoms with van der Waals surface area (Å²) in [5.41, 5.74) is 2.36. The minimum atomic E-state index is -0.513. The van der Waals surface area contributed by atoms with Crippen molar-refractivity contribution in [1.82, 2.24) is 0 Å². The third-order valence-corrected chi connectivity index (χ3v) is 3.42. The molecule has 2 aromatic rings. The van der Waals surface area contributed by atoms with Crippen LogP contribution in [0.2, 0.25) is 0 Å². The fourth-order valence-electron chi connectivity index (χ4n) is 2.09. The molecule has 0 aliphatic rings. The SMILES string of the molecule is CC(=O)Nc1ccc(NC(C)C(=O)Nc2ccc(C)c(F)c2)cc1. The van der Waals surface area contributed by atoms with E-state index in [9.17, 15) is 14.0 Å². The lowest BCUT2D eigenvalue weighted by molar-refractivity contribution is -0.116. The first-order chi connectivity index (χ1) is 11.3. The molecular weight excluding hydrogens is 309 g/mol. The van der Waals surface area contributed by atoms with Gasteiger partial charge in [-0.25, -0.2) is 4.39 Å². The van der Waals surface area contributed by atoms with Gasteiger partial charge in [0, 0.05) is 24.0 Å². The van der Waals surface area contributed by atoms with E-state index in [1.165, 1.54) is 13.0 Å². The summed E-state index contributed by atoms with van der Waals surface area (Å²) in [6.45, 7) is 4.81. The highest BCUT2D eigenvalue weighted by Gasteiger charge is 2.13. The second kappa shape index (κ2) is 7.59. The molecule has 24 heavy (non-hydrogen) atoms. The summed E-state index contributed by atoms with van der Waals surface area (Å²) < 4.78 is 13.5. The molecule has 0 spiro atoms. The molecule has 1 atom stereocenters. The van der Waals surface area contributed by atoms with Crippen LogP contribution in [0.1, 0.15) is 19.4 Å². The standard InChI is InChI=1S/C18H20FN3O2/c1-11-4-5-16(10-17(11)19)22-18(24)12(2)20-14-6-8-15(9-7-14)21-13(3)23/h4-10,12,20H,1-3H3,(H,21,23)(H,22,24). The van der Waals surface area contributed by atoms with Crippen molar-refractivity contribution in [3.05, 3.63) is 53.8 Å². The van der Waals surface area contributed by atoms with Crippen LogP contribution < -0.4 is 16.0 Å². The molecular formula is C18H20FN3O2. The number of hydrogen-bond acceptors (Lipinski definition) is 3. The number of carbonyl (C=O) groups is 2. The van der Waals surface area contributed by atoms with Gasteiger partial charge in [0.15, 0.2) is 0 Å². The number of nitrogens with one attached hydrogen (secondary N) is 3. The molecule has 0 bridgehead atoms. The quantitative estimate of drug-likeness (QED) is 0.786. The third kappa shape index (κ3) is 4.81. The lowest BCUT2D eigenvalue weighted by Crippen LogP contribution is -2.31. The fraction of sp³-hybridized carbons (Fsp3) is 0.222. The van der Waals surface area contributed by atoms with E-state index < -0.39 is 6.04 Å². The van der Waals surface area contributed by atoms with Crippen molar-refractivity contribution >= 4 is 28.9 Å². The van der Waals surface area contributed by atoms with Crippen LogP contribution in [0.5, 0.6) is 0 Å². The predicted octanol–water partition coefficient (Wildman–Crippen LogP) is 3.53. The molecule has 126 valence electrons. The van der Waals surface area contributed by atoms with E-state index in [2.05, 4.69) is 16.0 Å². The molecule has 2 rings (SSSR count). The van der Waals surface area contributed by atoms with Crippen molar-refractivity contribution in [3.8, 4) is 0 Å². The largest absolute Gasteiger partial charge is 0.374 e. The number of benzene rings is 2. The maximum atomic E-state index is 13.5. The van der Waals surface area contributed by atoms with E-state index in [-0.39, 0.29) is 17.6 Å². The summed E-state index contributed by atoms with van der Waals surface area (Å²) in [6.07, 6.45) is 0. The van der Waals surface area contributed by atoms with E-state index in [1.54, 1.807) is 50.2 Å². The lowest BCUT2D eigenvalue weighted by Gasteiger charge is -2.16. The van der Waals surface area contributed by atoms with Crippen molar-refractivity contribution in [2.45, 2.75) is 26.8 Å². The van der Waals surface area contributed by atoms with Crippen LogP contribution in [-0.2, 0) is 9.59 Å². The zero-order chi connectivity index (χ0) is 17.7. The molecule has 6 heteroatoms. The van der Waals surface area contributed by atoms with Gasteiger partial charge in [0.25, 0.3) is 0 Å². The summed E-state index contributed by atoms with van der Waals surface area (Å²) in [7, 11) is 0. The zero-order valence-electron chi connectivity index (χ0n) is 13.8. The predicted molar refractivity (Wildman–Crippen MR) is 93.6 cm³/mol. The molecule has 0 fully saturated rings. The molecule has 0 saturated heterocycles. The molecule has 2 amide bonds. The lowest BCUT2D eigenvalue weighted by atomic mass is 10.2. The summed E-state index contributed by atoms with van der Waals surface area (Å²) in [5, 5.41) is 8.39. The molecule has 0 aliphatic heterocycles. The summed E-state index contributed by atoms with van der Waals surface area (Å²) in [5.74, 6) is -0.778. The van der Waals surface area contributed by atoms with Gasteiger partial charge in [-0.3, -0.25) is 9.59 Å². The number of halogens is 1. The van der Waals surface area contributed by atoms with Gasteiger partial charge in [-0.05, 0) is 55.8 Å². The van der Waals surface area contributed by atoms with E-state index >= 15 is 0 Å². The first-order valence-electron chi connectivity index (χ1n) is 7.56. The summed E-state index contributed by atoms with van der Waals surface area (Å²) in [4.78, 5) is 23.1. The normalized spacial score (nSPS) is 11.5. The van der Waals surface area contributed by atoms with Gasteiger partial charge in [-0.2, -0.15) is 0 Å². The van der Waals surface area contributed by atoms with E-state index in [1.807, 2.05) is 0 Å². The Hall–Kier alpha value is -2.89. The van der Waals surface area contributed by atoms with Gasteiger partial charge in [-0.15, -0.1) is 0 Å². The van der Waals surface area contributed by atoms with E-state index in [0.717, 1.165) is 5.69 Å². The molecule has 0 aromatic heterocycles. The monoisotopic (exact) mass is 329 g/mol. The smallest absolute Gasteiger partial charge is 0.246 e. The Morgan fingerprint density at radius 2 is 1.54 bits per heavy atom. The number of anilines is 3. The summed E-state index contributed by atoms with van der Waals surface area (Å²) in [6, 6.07) is 11.1. The van der Waals surface area contributed by atoms with Crippen molar-refractivity contribution in [1.29, 1.82) is 0 Å². The Kier molecular flexibility index (Phi) is 5.52. The van der Waals surface area contributed by atoms with Crippen LogP contribution in [0.15, 0.2) is 42.5 Å². The minimum absolute atomic E-state index is 0.145. The Bertz CT molecular complexity index is 744. The maximum absolute atomic E-state index is 13.5. The highest BCUT2D eigenvalue weighted by atomic mass is 19.1. The average Bonchev–Trinajstić information content (AvgIpc) is 2.52. The zero-order valence-corrected chi connectivity index (χ0v) is 13.8. The van der Waals surface area contributed by atoms with Gasteiger partial charge in [0.2, 0.25) is 11.8 Å². The molecule has 2 aromatic carbocycles. The first-order valence-corrected chi connectivity index (χ1v) is 7.56. The number of aryl methyl sites for hydroxylation is 1. The first kappa shape index (κ1) is 17.5. The molecule has 0 heterocycles. The van der Waals surface area contributed by atoms with Crippen molar-refractivity contribution in [2.75, 3.05) is 16.0 Å². The van der Waals surface area contributed by atoms with Gasteiger partial charge in [0.05, 0.1) is 0 Å². The highest BCUT2D eigenvalue weighted by Crippen LogP contribution is 2.16. The second-order valence-corrected chi connectivity index (χ2v) is 5.58. The topological polar surface area (TPSA) is 70.2 Å². The van der Waals surface area contributed by atoms with Crippen molar-refractivity contribution in [3.63, 3.8) is 0 Å². The van der Waals surface area contributed by atoms with Crippen LogP contribution in [0.25, 0.3) is 0 Å². The van der Waals surface area contributed by atoms with E-state index in [0.29, 0.717) is 16.9 Å². The number of carbonyl (C=O) groups excluding carboxylic acids is 2. The average molecular weight is 329 g/mol. The van der Waals surface area contributed by atoms with Crippen molar-refractivity contribution in [2.24, 2.45) is 0 Å². The molecule has 0 radical (unpaired) electrons. The van der Waals surface area contributed by atoms with Crippen LogP contribution in [-0.4, -0.2) is 17.9 Å². The number of hydrogen-bond donors (Lipinski definition) is 3. The Morgan fingerprint density at radius 3 is 2.12 bits per heavy atom. The van der Waals surface area contributed by atoms with Crippen LogP contribution >= 0.6 is 0 Å². The van der Waals surface area contributed by atoms with Gasteiger partial charge < -0.3 is 16.0 Å². The molecule has 5 nitrogen and oxygen atoms in total. The van der Waals surface area contributed by atoms with Crippen molar-refractivity contribution < 1.29 is 14.0 Å². The number of rotatable bonds is 5. The summed E-state index contributed by atoms with van der Waals surface area (Å²) >= 11 is 0. The Labute approximate surface area is 140 Å². The van der Waals surface area contributed by atoms with Gasteiger partial charge in [0.1, 0.15) is 11.9 Å².